The second-order valence-corrected chi connectivity index (χ2v) is 3.76. The van der Waals surface area contributed by atoms with Crippen LogP contribution in [0.25, 0.3) is 0 Å². The highest BCUT2D eigenvalue weighted by Gasteiger charge is 2.17. The maximum Gasteiger partial charge on any atom is 0.488 e. The van der Waals surface area contributed by atoms with Gasteiger partial charge in [-0.15, -0.1) is 0 Å². The smallest absolute Gasteiger partial charge is 0.462 e. The van der Waals surface area contributed by atoms with E-state index in [0.29, 0.717) is 24.1 Å². The molecule has 1 rings (SSSR count). The summed E-state index contributed by atoms with van der Waals surface area (Å²) >= 11 is 0. The summed E-state index contributed by atoms with van der Waals surface area (Å²) in [7, 11) is -1.51. The molecule has 17 heavy (non-hydrogen) atoms. The maximum atomic E-state index is 11.7. The zero-order valence-electron chi connectivity index (χ0n) is 10.1. The Balaban J connectivity index is 3.07. The average Bonchev–Trinajstić information content (AvgIpc) is 2.29. The van der Waals surface area contributed by atoms with E-state index in [2.05, 4.69) is 0 Å². The van der Waals surface area contributed by atoms with E-state index in [1.807, 2.05) is 6.92 Å². The highest BCUT2D eigenvalue weighted by Crippen LogP contribution is 2.11. The number of carbonyl (C=O) groups is 1. The van der Waals surface area contributed by atoms with Crippen molar-refractivity contribution in [1.29, 1.82) is 0 Å². The van der Waals surface area contributed by atoms with Gasteiger partial charge in [-0.3, -0.25) is 0 Å². The van der Waals surface area contributed by atoms with Crippen LogP contribution in [-0.2, 0) is 11.2 Å². The third-order valence-electron chi connectivity index (χ3n) is 2.44. The van der Waals surface area contributed by atoms with Gasteiger partial charge >= 0.3 is 13.1 Å². The summed E-state index contributed by atoms with van der Waals surface area (Å²) in [6.45, 7) is 4.08. The largest absolute Gasteiger partial charge is 0.488 e. The first kappa shape index (κ1) is 13.7. The zero-order chi connectivity index (χ0) is 12.8. The van der Waals surface area contributed by atoms with E-state index in [4.69, 9.17) is 14.8 Å². The third kappa shape index (κ3) is 3.58. The Morgan fingerprint density at radius 2 is 2.06 bits per heavy atom. The molecule has 0 aromatic heterocycles. The van der Waals surface area contributed by atoms with Gasteiger partial charge in [0.2, 0.25) is 0 Å². The minimum atomic E-state index is -1.51. The fourth-order valence-corrected chi connectivity index (χ4v) is 1.66. The summed E-state index contributed by atoms with van der Waals surface area (Å²) in [4.78, 5) is 11.7. The van der Waals surface area contributed by atoms with Gasteiger partial charge in [0, 0.05) is 0 Å². The molecule has 2 N–H and O–H groups in total. The molecule has 0 saturated heterocycles. The first-order chi connectivity index (χ1) is 8.10. The summed E-state index contributed by atoms with van der Waals surface area (Å²) in [5.74, 6) is -0.366. The van der Waals surface area contributed by atoms with Crippen molar-refractivity contribution in [3.05, 3.63) is 29.3 Å². The molecule has 0 aliphatic carbocycles. The quantitative estimate of drug-likeness (QED) is 0.577. The first-order valence-corrected chi connectivity index (χ1v) is 5.76. The van der Waals surface area contributed by atoms with E-state index < -0.39 is 7.12 Å². The van der Waals surface area contributed by atoms with Crippen LogP contribution in [0, 0.1) is 0 Å². The summed E-state index contributed by atoms with van der Waals surface area (Å²) in [5, 5.41) is 18.2. The Bertz CT molecular complexity index is 390. The van der Waals surface area contributed by atoms with Crippen molar-refractivity contribution in [3.63, 3.8) is 0 Å². The molecule has 92 valence electrons. The predicted molar refractivity (Wildman–Crippen MR) is 66.2 cm³/mol. The SMILES string of the molecule is CCCc1cc(B(O)O)ccc1C(=O)OCC. The third-order valence-corrected chi connectivity index (χ3v) is 2.44. The lowest BCUT2D eigenvalue weighted by molar-refractivity contribution is 0.0525. The summed E-state index contributed by atoms with van der Waals surface area (Å²) in [6.07, 6.45) is 1.58. The minimum Gasteiger partial charge on any atom is -0.462 e. The number of aryl methyl sites for hydroxylation is 1. The molecule has 0 radical (unpaired) electrons. The molecule has 0 aliphatic heterocycles. The number of hydrogen-bond donors (Lipinski definition) is 2. The van der Waals surface area contributed by atoms with Crippen molar-refractivity contribution < 1.29 is 19.6 Å². The van der Waals surface area contributed by atoms with Crippen molar-refractivity contribution in [1.82, 2.24) is 0 Å². The molecular formula is C12H17BO4. The predicted octanol–water partition coefficient (Wildman–Crippen LogP) is 0.496. The molecule has 1 aromatic rings. The number of hydrogen-bond acceptors (Lipinski definition) is 4. The lowest BCUT2D eigenvalue weighted by Gasteiger charge is -2.10. The molecule has 5 heteroatoms. The Kier molecular flexibility index (Phi) is 5.19. The van der Waals surface area contributed by atoms with Crippen LogP contribution in [0.2, 0.25) is 0 Å². The van der Waals surface area contributed by atoms with Crippen LogP contribution in [0.3, 0.4) is 0 Å². The van der Waals surface area contributed by atoms with Crippen molar-refractivity contribution >= 4 is 18.6 Å². The van der Waals surface area contributed by atoms with Crippen LogP contribution in [0.5, 0.6) is 0 Å². The number of carbonyl (C=O) groups excluding carboxylic acids is 1. The van der Waals surface area contributed by atoms with Gasteiger partial charge in [0.05, 0.1) is 12.2 Å². The van der Waals surface area contributed by atoms with Crippen LogP contribution in [0.4, 0.5) is 0 Å². The van der Waals surface area contributed by atoms with Crippen LogP contribution >= 0.6 is 0 Å². The van der Waals surface area contributed by atoms with Gasteiger partial charge in [0.1, 0.15) is 0 Å². The number of benzene rings is 1. The lowest BCUT2D eigenvalue weighted by Crippen LogP contribution is -2.30. The standard InChI is InChI=1S/C12H17BO4/c1-3-5-9-8-10(13(15)16)6-7-11(9)12(14)17-4-2/h6-8,15-16H,3-5H2,1-2H3. The Morgan fingerprint density at radius 1 is 1.35 bits per heavy atom. The van der Waals surface area contributed by atoms with Crippen LogP contribution < -0.4 is 5.46 Å². The average molecular weight is 236 g/mol. The van der Waals surface area contributed by atoms with Gasteiger partial charge in [-0.1, -0.05) is 25.5 Å². The number of rotatable bonds is 5. The van der Waals surface area contributed by atoms with Gasteiger partial charge in [-0.05, 0) is 30.4 Å². The maximum absolute atomic E-state index is 11.7. The van der Waals surface area contributed by atoms with E-state index in [9.17, 15) is 4.79 Å². The van der Waals surface area contributed by atoms with Gasteiger partial charge in [0.25, 0.3) is 0 Å². The Labute approximate surface area is 101 Å². The summed E-state index contributed by atoms with van der Waals surface area (Å²) in [5.41, 5.74) is 1.68. The molecule has 1 aromatic carbocycles. The molecule has 0 bridgehead atoms. The molecular weight excluding hydrogens is 219 g/mol. The normalized spacial score (nSPS) is 10.1. The number of esters is 1. The molecule has 0 aliphatic rings. The second-order valence-electron chi connectivity index (χ2n) is 3.76. The number of ether oxygens (including phenoxy) is 1. The molecule has 4 nitrogen and oxygen atoms in total. The van der Waals surface area contributed by atoms with Crippen molar-refractivity contribution in [2.75, 3.05) is 6.61 Å². The highest BCUT2D eigenvalue weighted by atomic mass is 16.5. The van der Waals surface area contributed by atoms with Crippen LogP contribution in [-0.4, -0.2) is 29.7 Å². The van der Waals surface area contributed by atoms with E-state index in [1.54, 1.807) is 19.1 Å². The molecule has 0 fully saturated rings. The van der Waals surface area contributed by atoms with E-state index in [1.165, 1.54) is 6.07 Å². The summed E-state index contributed by atoms with van der Waals surface area (Å²) < 4.78 is 4.95. The molecule has 0 unspecified atom stereocenters. The van der Waals surface area contributed by atoms with Crippen LogP contribution in [0.1, 0.15) is 36.2 Å². The van der Waals surface area contributed by atoms with Crippen molar-refractivity contribution in [3.8, 4) is 0 Å². The highest BCUT2D eigenvalue weighted by molar-refractivity contribution is 6.58. The van der Waals surface area contributed by atoms with Gasteiger partial charge in [-0.2, -0.15) is 0 Å². The molecule has 0 heterocycles. The van der Waals surface area contributed by atoms with Gasteiger partial charge in [-0.25, -0.2) is 4.79 Å². The molecule has 0 spiro atoms. The summed E-state index contributed by atoms with van der Waals surface area (Å²) in [6, 6.07) is 4.74. The molecule has 0 amide bonds. The van der Waals surface area contributed by atoms with Crippen molar-refractivity contribution in [2.24, 2.45) is 0 Å². The Hall–Kier alpha value is -1.33. The molecule has 0 saturated carbocycles. The lowest BCUT2D eigenvalue weighted by atomic mass is 9.78. The fourth-order valence-electron chi connectivity index (χ4n) is 1.66. The second kappa shape index (κ2) is 6.42. The van der Waals surface area contributed by atoms with Gasteiger partial charge in [0.15, 0.2) is 0 Å². The van der Waals surface area contributed by atoms with E-state index in [-0.39, 0.29) is 5.97 Å². The topological polar surface area (TPSA) is 66.8 Å². The monoisotopic (exact) mass is 236 g/mol. The minimum absolute atomic E-state index is 0.328. The molecule has 0 atom stereocenters. The van der Waals surface area contributed by atoms with Gasteiger partial charge < -0.3 is 14.8 Å². The van der Waals surface area contributed by atoms with E-state index in [0.717, 1.165) is 12.0 Å². The first-order valence-electron chi connectivity index (χ1n) is 5.76. The fraction of sp³-hybridized carbons (Fsp3) is 0.417. The van der Waals surface area contributed by atoms with Crippen LogP contribution in [0.15, 0.2) is 18.2 Å². The van der Waals surface area contributed by atoms with E-state index >= 15 is 0 Å². The van der Waals surface area contributed by atoms with Crippen molar-refractivity contribution in [2.45, 2.75) is 26.7 Å². The zero-order valence-corrected chi connectivity index (χ0v) is 10.1. The Morgan fingerprint density at radius 3 is 2.59 bits per heavy atom.